The van der Waals surface area contributed by atoms with Gasteiger partial charge in [-0.15, -0.1) is 0 Å². The Bertz CT molecular complexity index is 582. The van der Waals surface area contributed by atoms with Crippen LogP contribution >= 0.6 is 0 Å². The average Bonchev–Trinajstić information content (AvgIpc) is 2.72. The molecule has 3 saturated heterocycles. The number of likely N-dealkylation sites (tertiary alicyclic amines) is 2. The molecule has 4 amide bonds. The Morgan fingerprint density at radius 3 is 2.61 bits per heavy atom. The molecule has 28 heavy (non-hydrogen) atoms. The summed E-state index contributed by atoms with van der Waals surface area (Å²) in [7, 11) is 0. The third kappa shape index (κ3) is 5.16. The first-order valence-electron chi connectivity index (χ1n) is 10.8. The zero-order valence-corrected chi connectivity index (χ0v) is 17.3. The SMILES string of the molecule is CC(C)CNC(=O)N1CCCC(C(=O)N2CCCC(N3CCNCC3=O)C2)C1. The molecule has 0 spiro atoms. The van der Waals surface area contributed by atoms with Crippen LogP contribution in [-0.2, 0) is 9.59 Å². The molecule has 158 valence electrons. The average molecular weight is 394 g/mol. The number of hydrogen-bond acceptors (Lipinski definition) is 4. The summed E-state index contributed by atoms with van der Waals surface area (Å²) < 4.78 is 0. The third-order valence-corrected chi connectivity index (χ3v) is 5.99. The van der Waals surface area contributed by atoms with E-state index in [2.05, 4.69) is 24.5 Å². The molecule has 0 aromatic carbocycles. The predicted octanol–water partition coefficient (Wildman–Crippen LogP) is 0.487. The minimum atomic E-state index is -0.129. The lowest BCUT2D eigenvalue weighted by atomic mass is 9.94. The van der Waals surface area contributed by atoms with Crippen LogP contribution in [0.15, 0.2) is 0 Å². The van der Waals surface area contributed by atoms with Gasteiger partial charge in [-0.25, -0.2) is 4.79 Å². The van der Waals surface area contributed by atoms with Crippen molar-refractivity contribution < 1.29 is 14.4 Å². The lowest BCUT2D eigenvalue weighted by Gasteiger charge is -2.42. The summed E-state index contributed by atoms with van der Waals surface area (Å²) in [6, 6.07) is 0.0652. The van der Waals surface area contributed by atoms with E-state index in [0.29, 0.717) is 38.6 Å². The van der Waals surface area contributed by atoms with E-state index in [9.17, 15) is 14.4 Å². The molecule has 0 bridgehead atoms. The summed E-state index contributed by atoms with van der Waals surface area (Å²) >= 11 is 0. The smallest absolute Gasteiger partial charge is 0.317 e. The fraction of sp³-hybridized carbons (Fsp3) is 0.850. The third-order valence-electron chi connectivity index (χ3n) is 5.99. The minimum absolute atomic E-state index is 0.0610. The fourth-order valence-corrected chi connectivity index (χ4v) is 4.44. The molecule has 0 radical (unpaired) electrons. The highest BCUT2D eigenvalue weighted by Gasteiger charge is 2.36. The van der Waals surface area contributed by atoms with E-state index in [0.717, 1.165) is 45.3 Å². The van der Waals surface area contributed by atoms with Gasteiger partial charge in [0.15, 0.2) is 0 Å². The Kier molecular flexibility index (Phi) is 7.15. The Hall–Kier alpha value is -1.83. The Balaban J connectivity index is 1.55. The first-order valence-corrected chi connectivity index (χ1v) is 10.8. The quantitative estimate of drug-likeness (QED) is 0.728. The normalized spacial score (nSPS) is 26.5. The van der Waals surface area contributed by atoms with Crippen molar-refractivity contribution in [3.05, 3.63) is 0 Å². The molecular weight excluding hydrogens is 358 g/mol. The second kappa shape index (κ2) is 9.58. The van der Waals surface area contributed by atoms with Gasteiger partial charge in [0.05, 0.1) is 12.5 Å². The van der Waals surface area contributed by atoms with E-state index in [1.54, 1.807) is 4.90 Å². The van der Waals surface area contributed by atoms with Gasteiger partial charge in [0.1, 0.15) is 0 Å². The summed E-state index contributed by atoms with van der Waals surface area (Å²) in [5.74, 6) is 0.560. The van der Waals surface area contributed by atoms with Crippen LogP contribution in [0.1, 0.15) is 39.5 Å². The minimum Gasteiger partial charge on any atom is -0.340 e. The summed E-state index contributed by atoms with van der Waals surface area (Å²) in [6.45, 7) is 9.32. The summed E-state index contributed by atoms with van der Waals surface area (Å²) in [5.41, 5.74) is 0. The molecule has 0 aliphatic carbocycles. The van der Waals surface area contributed by atoms with Crippen LogP contribution in [-0.4, -0.2) is 90.9 Å². The molecule has 3 fully saturated rings. The van der Waals surface area contributed by atoms with Crippen molar-refractivity contribution in [3.8, 4) is 0 Å². The van der Waals surface area contributed by atoms with E-state index in [-0.39, 0.29) is 29.8 Å². The summed E-state index contributed by atoms with van der Waals surface area (Å²) in [5, 5.41) is 6.06. The van der Waals surface area contributed by atoms with Gasteiger partial charge in [-0.05, 0) is 31.6 Å². The highest BCUT2D eigenvalue weighted by molar-refractivity contribution is 5.82. The van der Waals surface area contributed by atoms with Gasteiger partial charge in [-0.3, -0.25) is 9.59 Å². The topological polar surface area (TPSA) is 85.0 Å². The molecule has 2 unspecified atom stereocenters. The number of rotatable bonds is 4. The van der Waals surface area contributed by atoms with Gasteiger partial charge in [-0.1, -0.05) is 13.8 Å². The molecular formula is C20H35N5O3. The summed E-state index contributed by atoms with van der Waals surface area (Å²) in [6.07, 6.45) is 3.59. The Morgan fingerprint density at radius 2 is 1.86 bits per heavy atom. The Morgan fingerprint density at radius 1 is 1.11 bits per heavy atom. The maximum Gasteiger partial charge on any atom is 0.317 e. The molecule has 3 rings (SSSR count). The molecule has 0 aromatic heterocycles. The Labute approximate surface area is 168 Å². The van der Waals surface area contributed by atoms with Crippen molar-refractivity contribution in [1.82, 2.24) is 25.3 Å². The van der Waals surface area contributed by atoms with Crippen molar-refractivity contribution >= 4 is 17.8 Å². The fourth-order valence-electron chi connectivity index (χ4n) is 4.44. The molecule has 2 atom stereocenters. The molecule has 8 heteroatoms. The van der Waals surface area contributed by atoms with E-state index in [1.165, 1.54) is 0 Å². The lowest BCUT2D eigenvalue weighted by Crippen LogP contribution is -2.58. The number of amides is 4. The van der Waals surface area contributed by atoms with Crippen molar-refractivity contribution in [2.75, 3.05) is 52.4 Å². The van der Waals surface area contributed by atoms with Crippen LogP contribution in [0.3, 0.4) is 0 Å². The molecule has 0 aromatic rings. The first-order chi connectivity index (χ1) is 13.5. The maximum atomic E-state index is 13.1. The number of nitrogens with zero attached hydrogens (tertiary/aromatic N) is 3. The van der Waals surface area contributed by atoms with E-state index in [4.69, 9.17) is 0 Å². The second-order valence-electron chi connectivity index (χ2n) is 8.71. The number of nitrogens with one attached hydrogen (secondary N) is 2. The number of piperidine rings is 2. The highest BCUT2D eigenvalue weighted by atomic mass is 16.2. The van der Waals surface area contributed by atoms with Gasteiger partial charge in [0.25, 0.3) is 0 Å². The van der Waals surface area contributed by atoms with Crippen LogP contribution in [0.4, 0.5) is 4.79 Å². The van der Waals surface area contributed by atoms with E-state index < -0.39 is 0 Å². The molecule has 2 N–H and O–H groups in total. The van der Waals surface area contributed by atoms with Gasteiger partial charge in [0.2, 0.25) is 11.8 Å². The van der Waals surface area contributed by atoms with Gasteiger partial charge in [0, 0.05) is 51.9 Å². The number of hydrogen-bond donors (Lipinski definition) is 2. The molecule has 3 aliphatic rings. The number of carbonyl (C=O) groups is 3. The van der Waals surface area contributed by atoms with Gasteiger partial charge >= 0.3 is 6.03 Å². The van der Waals surface area contributed by atoms with Gasteiger partial charge in [-0.2, -0.15) is 0 Å². The van der Waals surface area contributed by atoms with E-state index >= 15 is 0 Å². The molecule has 3 heterocycles. The first kappa shape index (κ1) is 20.9. The number of carbonyl (C=O) groups excluding carboxylic acids is 3. The van der Waals surface area contributed by atoms with Gasteiger partial charge < -0.3 is 25.3 Å². The monoisotopic (exact) mass is 393 g/mol. The zero-order chi connectivity index (χ0) is 20.1. The number of piperazine rings is 1. The standard InChI is InChI=1S/C20H35N5O3/c1-15(2)11-22-20(28)24-9-3-5-16(13-24)19(27)23-8-4-6-17(14-23)25-10-7-21-12-18(25)26/h15-17,21H,3-14H2,1-2H3,(H,22,28). The molecule has 0 saturated carbocycles. The molecule has 8 nitrogen and oxygen atoms in total. The van der Waals surface area contributed by atoms with Crippen molar-refractivity contribution in [3.63, 3.8) is 0 Å². The van der Waals surface area contributed by atoms with Crippen molar-refractivity contribution in [1.29, 1.82) is 0 Å². The van der Waals surface area contributed by atoms with Crippen molar-refractivity contribution in [2.24, 2.45) is 11.8 Å². The van der Waals surface area contributed by atoms with Crippen LogP contribution in [0.5, 0.6) is 0 Å². The predicted molar refractivity (Wildman–Crippen MR) is 107 cm³/mol. The maximum absolute atomic E-state index is 13.1. The van der Waals surface area contributed by atoms with Crippen LogP contribution < -0.4 is 10.6 Å². The van der Waals surface area contributed by atoms with Crippen LogP contribution in [0, 0.1) is 11.8 Å². The van der Waals surface area contributed by atoms with Crippen molar-refractivity contribution in [2.45, 2.75) is 45.6 Å². The summed E-state index contributed by atoms with van der Waals surface area (Å²) in [4.78, 5) is 43.4. The second-order valence-corrected chi connectivity index (χ2v) is 8.71. The highest BCUT2D eigenvalue weighted by Crippen LogP contribution is 2.23. The van der Waals surface area contributed by atoms with Crippen LogP contribution in [0.25, 0.3) is 0 Å². The lowest BCUT2D eigenvalue weighted by molar-refractivity contribution is -0.143. The largest absolute Gasteiger partial charge is 0.340 e. The zero-order valence-electron chi connectivity index (χ0n) is 17.3. The van der Waals surface area contributed by atoms with Crippen LogP contribution in [0.2, 0.25) is 0 Å². The van der Waals surface area contributed by atoms with E-state index in [1.807, 2.05) is 9.80 Å². The molecule has 3 aliphatic heterocycles. The number of urea groups is 1.